The molecule has 6 nitrogen and oxygen atoms in total. The summed E-state index contributed by atoms with van der Waals surface area (Å²) in [5.74, 6) is 1.14. The van der Waals surface area contributed by atoms with Crippen LogP contribution in [0.4, 0.5) is 0 Å². The number of piperidine rings is 1. The van der Waals surface area contributed by atoms with Gasteiger partial charge in [0.15, 0.2) is 0 Å². The molecule has 7 heteroatoms. The fraction of sp³-hybridized carbons (Fsp3) is 0.611. The average Bonchev–Trinajstić information content (AvgIpc) is 3.06. The van der Waals surface area contributed by atoms with Crippen molar-refractivity contribution in [1.29, 1.82) is 0 Å². The summed E-state index contributed by atoms with van der Waals surface area (Å²) >= 11 is 1.38. The number of thiophene rings is 1. The van der Waals surface area contributed by atoms with E-state index in [0.717, 1.165) is 32.5 Å². The van der Waals surface area contributed by atoms with Gasteiger partial charge in [-0.1, -0.05) is 6.92 Å². The van der Waals surface area contributed by atoms with Gasteiger partial charge in [-0.3, -0.25) is 9.59 Å². The molecule has 0 aliphatic carbocycles. The number of H-pyrrole nitrogens is 1. The smallest absolute Gasteiger partial charge is 0.268 e. The molecule has 3 heterocycles. The lowest BCUT2D eigenvalue weighted by Gasteiger charge is -2.32. The lowest BCUT2D eigenvalue weighted by Crippen LogP contribution is -2.36. The van der Waals surface area contributed by atoms with Crippen molar-refractivity contribution in [3.63, 3.8) is 0 Å². The molecule has 0 unspecified atom stereocenters. The lowest BCUT2D eigenvalue weighted by molar-refractivity contribution is -0.131. The van der Waals surface area contributed by atoms with Gasteiger partial charge in [0.25, 0.3) is 5.56 Å². The van der Waals surface area contributed by atoms with Crippen LogP contribution in [-0.4, -0.2) is 52.4 Å². The molecule has 1 aliphatic heterocycles. The second kappa shape index (κ2) is 8.10. The van der Waals surface area contributed by atoms with Crippen LogP contribution in [0, 0.1) is 5.92 Å². The van der Waals surface area contributed by atoms with Gasteiger partial charge in [-0.2, -0.15) is 0 Å². The molecule has 0 saturated carbocycles. The summed E-state index contributed by atoms with van der Waals surface area (Å²) in [5, 5.41) is 1.86. The minimum Gasteiger partial charge on any atom is -0.338 e. The largest absolute Gasteiger partial charge is 0.338 e. The zero-order chi connectivity index (χ0) is 17.8. The number of amides is 1. The molecular weight excluding hydrogens is 336 g/mol. The number of aromatic amines is 1. The van der Waals surface area contributed by atoms with Crippen LogP contribution in [0.1, 0.15) is 38.4 Å². The number of likely N-dealkylation sites (tertiary alicyclic amines) is 1. The molecule has 0 radical (unpaired) electrons. The third-order valence-electron chi connectivity index (χ3n) is 4.89. The topological polar surface area (TPSA) is 69.3 Å². The van der Waals surface area contributed by atoms with Gasteiger partial charge in [0.05, 0.1) is 12.1 Å². The molecule has 1 N–H and O–H groups in total. The number of nitrogens with one attached hydrogen (secondary N) is 1. The summed E-state index contributed by atoms with van der Waals surface area (Å²) in [4.78, 5) is 35.9. The average molecular weight is 362 g/mol. The summed E-state index contributed by atoms with van der Waals surface area (Å²) in [6.07, 6.45) is 3.96. The van der Waals surface area contributed by atoms with Gasteiger partial charge in [-0.25, -0.2) is 4.98 Å². The second-order valence-electron chi connectivity index (χ2n) is 6.89. The van der Waals surface area contributed by atoms with Crippen LogP contribution < -0.4 is 5.56 Å². The van der Waals surface area contributed by atoms with Crippen molar-refractivity contribution in [2.24, 2.45) is 5.92 Å². The van der Waals surface area contributed by atoms with Crippen LogP contribution in [0.25, 0.3) is 10.2 Å². The fourth-order valence-corrected chi connectivity index (χ4v) is 4.17. The summed E-state index contributed by atoms with van der Waals surface area (Å²) in [5.41, 5.74) is 0.576. The third kappa shape index (κ3) is 4.46. The number of aromatic nitrogens is 2. The Morgan fingerprint density at radius 3 is 2.92 bits per heavy atom. The Bertz CT molecular complexity index is 777. The summed E-state index contributed by atoms with van der Waals surface area (Å²) in [6, 6.07) is 1.84. The van der Waals surface area contributed by atoms with Crippen molar-refractivity contribution in [2.75, 3.05) is 26.7 Å². The fourth-order valence-electron chi connectivity index (χ4n) is 3.44. The van der Waals surface area contributed by atoms with Crippen molar-refractivity contribution in [3.8, 4) is 0 Å². The van der Waals surface area contributed by atoms with Gasteiger partial charge in [-0.05, 0) is 56.3 Å². The van der Waals surface area contributed by atoms with Crippen molar-refractivity contribution >= 4 is 27.5 Å². The standard InChI is InChI=1S/C18H26N4O2S/c1-3-7-22-8-4-13(5-9-22)11-16(23)21(2)12-15-19-14-6-10-25-17(14)18(24)20-15/h6,10,13H,3-5,7-9,11-12H2,1-2H3,(H,19,20,24). The Morgan fingerprint density at radius 1 is 1.44 bits per heavy atom. The molecule has 0 atom stereocenters. The summed E-state index contributed by atoms with van der Waals surface area (Å²) < 4.78 is 0.636. The molecule has 1 aliphatic rings. The van der Waals surface area contributed by atoms with E-state index in [2.05, 4.69) is 21.8 Å². The van der Waals surface area contributed by atoms with Gasteiger partial charge in [0.2, 0.25) is 5.91 Å². The Kier molecular flexibility index (Phi) is 5.86. The highest BCUT2D eigenvalue weighted by atomic mass is 32.1. The molecule has 1 fully saturated rings. The van der Waals surface area contributed by atoms with Crippen LogP contribution in [-0.2, 0) is 11.3 Å². The van der Waals surface area contributed by atoms with Crippen LogP contribution in [0.15, 0.2) is 16.2 Å². The summed E-state index contributed by atoms with van der Waals surface area (Å²) in [7, 11) is 1.78. The van der Waals surface area contributed by atoms with Crippen molar-refractivity contribution in [1.82, 2.24) is 19.8 Å². The number of carbonyl (C=O) groups excluding carboxylic acids is 1. The number of fused-ring (bicyclic) bond motifs is 1. The molecule has 1 amide bonds. The van der Waals surface area contributed by atoms with Gasteiger partial charge >= 0.3 is 0 Å². The zero-order valence-corrected chi connectivity index (χ0v) is 15.8. The van der Waals surface area contributed by atoms with E-state index < -0.39 is 0 Å². The molecule has 136 valence electrons. The van der Waals surface area contributed by atoms with E-state index in [0.29, 0.717) is 34.9 Å². The first-order chi connectivity index (χ1) is 12.1. The monoisotopic (exact) mass is 362 g/mol. The molecule has 3 rings (SSSR count). The zero-order valence-electron chi connectivity index (χ0n) is 15.0. The highest BCUT2D eigenvalue weighted by molar-refractivity contribution is 7.17. The van der Waals surface area contributed by atoms with Gasteiger partial charge in [0.1, 0.15) is 10.5 Å². The highest BCUT2D eigenvalue weighted by Crippen LogP contribution is 2.21. The van der Waals surface area contributed by atoms with Crippen molar-refractivity contribution < 1.29 is 4.79 Å². The van der Waals surface area contributed by atoms with Gasteiger partial charge in [-0.15, -0.1) is 11.3 Å². The van der Waals surface area contributed by atoms with Crippen molar-refractivity contribution in [2.45, 2.75) is 39.2 Å². The molecular formula is C18H26N4O2S. The minimum atomic E-state index is -0.126. The maximum Gasteiger partial charge on any atom is 0.268 e. The maximum absolute atomic E-state index is 12.5. The Balaban J connectivity index is 1.54. The van der Waals surface area contributed by atoms with E-state index >= 15 is 0 Å². The van der Waals surface area contributed by atoms with E-state index in [4.69, 9.17) is 0 Å². The Labute approximate surface area is 151 Å². The first-order valence-corrected chi connectivity index (χ1v) is 9.87. The molecule has 0 aromatic carbocycles. The number of hydrogen-bond acceptors (Lipinski definition) is 5. The quantitative estimate of drug-likeness (QED) is 0.857. The lowest BCUT2D eigenvalue weighted by atomic mass is 9.93. The molecule has 0 bridgehead atoms. The van der Waals surface area contributed by atoms with Crippen molar-refractivity contribution in [3.05, 3.63) is 27.6 Å². The Morgan fingerprint density at radius 2 is 2.20 bits per heavy atom. The van der Waals surface area contributed by atoms with E-state index in [-0.39, 0.29) is 11.5 Å². The maximum atomic E-state index is 12.5. The first kappa shape index (κ1) is 18.1. The number of hydrogen-bond donors (Lipinski definition) is 1. The van der Waals surface area contributed by atoms with Crippen LogP contribution in [0.2, 0.25) is 0 Å². The SMILES string of the molecule is CCCN1CCC(CC(=O)N(C)Cc2nc3ccsc3c(=O)[nH]2)CC1. The second-order valence-corrected chi connectivity index (χ2v) is 7.80. The van der Waals surface area contributed by atoms with Gasteiger partial charge < -0.3 is 14.8 Å². The first-order valence-electron chi connectivity index (χ1n) is 8.99. The van der Waals surface area contributed by atoms with Crippen LogP contribution in [0.5, 0.6) is 0 Å². The number of carbonyl (C=O) groups is 1. The number of rotatable bonds is 6. The third-order valence-corrected chi connectivity index (χ3v) is 5.79. The van der Waals surface area contributed by atoms with E-state index in [9.17, 15) is 9.59 Å². The van der Waals surface area contributed by atoms with Gasteiger partial charge in [0, 0.05) is 13.5 Å². The minimum absolute atomic E-state index is 0.126. The van der Waals surface area contributed by atoms with Crippen LogP contribution in [0.3, 0.4) is 0 Å². The predicted molar refractivity (Wildman–Crippen MR) is 101 cm³/mol. The highest BCUT2D eigenvalue weighted by Gasteiger charge is 2.22. The normalized spacial score (nSPS) is 16.4. The van der Waals surface area contributed by atoms with E-state index in [1.807, 2.05) is 11.4 Å². The number of nitrogens with zero attached hydrogens (tertiary/aromatic N) is 3. The molecule has 0 spiro atoms. The van der Waals surface area contributed by atoms with Crippen LogP contribution >= 0.6 is 11.3 Å². The van der Waals surface area contributed by atoms with E-state index in [1.165, 1.54) is 17.8 Å². The molecule has 25 heavy (non-hydrogen) atoms. The Hall–Kier alpha value is -1.73. The predicted octanol–water partition coefficient (Wildman–Crippen LogP) is 2.46. The molecule has 2 aromatic heterocycles. The molecule has 1 saturated heterocycles. The molecule has 2 aromatic rings. The summed E-state index contributed by atoms with van der Waals surface area (Å²) in [6.45, 7) is 5.90. The van der Waals surface area contributed by atoms with E-state index in [1.54, 1.807) is 11.9 Å².